The summed E-state index contributed by atoms with van der Waals surface area (Å²) < 4.78 is 93.1. The van der Waals surface area contributed by atoms with E-state index in [1.807, 2.05) is 0 Å². The van der Waals surface area contributed by atoms with Gasteiger partial charge >= 0.3 is 46.9 Å². The Hall–Kier alpha value is 1.40. The molecule has 227 valence electrons. The zero-order chi connectivity index (χ0) is 28.7. The Morgan fingerprint density at radius 3 is 0.432 bits per heavy atom. The largest absolute Gasteiger partial charge is 0.470 e. The van der Waals surface area contributed by atoms with Gasteiger partial charge in [0.1, 0.15) is 36.6 Å². The summed E-state index contributed by atoms with van der Waals surface area (Å²) in [7, 11) is -36.1. The third kappa shape index (κ3) is 15.3. The predicted octanol–water partition coefficient (Wildman–Crippen LogP) is -3.14. The standard InChI is InChI=1S/C6H18O24P6.Ag/c7-31(8,9)25-1-2(26-32(10,11)12)4(28-34(16,17)18)6(30-36(22,23)24)5(29-35(19,20)21)3(1)27-33(13,14)15;/h1-6H,(H2,7,8,9)(H2,10,11,12)(H2,13,14,15)(H2,16,17,18)(H2,19,20,21)(H2,22,23,24);. The molecule has 1 radical (unpaired) electrons. The van der Waals surface area contributed by atoms with Gasteiger partial charge in [0, 0.05) is 22.4 Å². The van der Waals surface area contributed by atoms with E-state index in [1.165, 1.54) is 0 Å². The predicted molar refractivity (Wildman–Crippen MR) is 102 cm³/mol. The van der Waals surface area contributed by atoms with Gasteiger partial charge in [0.05, 0.1) is 0 Å². The van der Waals surface area contributed by atoms with Gasteiger partial charge in [-0.25, -0.2) is 27.4 Å². The van der Waals surface area contributed by atoms with E-state index in [4.69, 9.17) is 58.7 Å². The molecule has 0 saturated heterocycles. The van der Waals surface area contributed by atoms with Gasteiger partial charge in [0.25, 0.3) is 0 Å². The molecule has 1 saturated carbocycles. The van der Waals surface area contributed by atoms with Gasteiger partial charge in [-0.15, -0.1) is 0 Å². The molecule has 0 amide bonds. The van der Waals surface area contributed by atoms with E-state index in [9.17, 15) is 27.4 Å². The van der Waals surface area contributed by atoms with Crippen molar-refractivity contribution in [3.8, 4) is 0 Å². The molecule has 31 heteroatoms. The van der Waals surface area contributed by atoms with Crippen LogP contribution in [0.2, 0.25) is 0 Å². The first kappa shape index (κ1) is 38.4. The Morgan fingerprint density at radius 1 is 0.297 bits per heavy atom. The maximum absolute atomic E-state index is 11.4. The van der Waals surface area contributed by atoms with Crippen molar-refractivity contribution in [3.05, 3.63) is 0 Å². The van der Waals surface area contributed by atoms with Crippen LogP contribution in [0.1, 0.15) is 0 Å². The Morgan fingerprint density at radius 2 is 0.378 bits per heavy atom. The van der Waals surface area contributed by atoms with Crippen molar-refractivity contribution in [2.45, 2.75) is 36.6 Å². The van der Waals surface area contributed by atoms with Gasteiger partial charge in [-0.1, -0.05) is 0 Å². The first-order valence-electron chi connectivity index (χ1n) is 8.01. The molecule has 24 nitrogen and oxygen atoms in total. The average Bonchev–Trinajstić information content (AvgIpc) is 2.51. The molecule has 0 aliphatic heterocycles. The molecule has 0 bridgehead atoms. The second kappa shape index (κ2) is 13.1. The summed E-state index contributed by atoms with van der Waals surface area (Å²) in [5.74, 6) is 0. The van der Waals surface area contributed by atoms with Crippen LogP contribution in [0.5, 0.6) is 0 Å². The van der Waals surface area contributed by atoms with Crippen molar-refractivity contribution >= 4 is 46.9 Å². The second-order valence-electron chi connectivity index (χ2n) is 6.36. The van der Waals surface area contributed by atoms with E-state index in [-0.39, 0.29) is 22.4 Å². The van der Waals surface area contributed by atoms with Crippen molar-refractivity contribution in [2.24, 2.45) is 0 Å². The maximum Gasteiger partial charge on any atom is 0.470 e. The van der Waals surface area contributed by atoms with E-state index < -0.39 is 83.6 Å². The van der Waals surface area contributed by atoms with Crippen molar-refractivity contribution in [2.75, 3.05) is 0 Å². The maximum atomic E-state index is 11.4. The van der Waals surface area contributed by atoms with E-state index in [1.54, 1.807) is 0 Å². The molecule has 0 aromatic rings. The van der Waals surface area contributed by atoms with E-state index in [2.05, 4.69) is 27.1 Å². The number of hydrogen-bond donors (Lipinski definition) is 12. The van der Waals surface area contributed by atoms with Crippen LogP contribution in [0.3, 0.4) is 0 Å². The third-order valence-corrected chi connectivity index (χ3v) is 6.61. The van der Waals surface area contributed by atoms with Gasteiger partial charge < -0.3 is 58.7 Å². The third-order valence-electron chi connectivity index (χ3n) is 3.50. The number of rotatable bonds is 12. The van der Waals surface area contributed by atoms with Crippen LogP contribution >= 0.6 is 46.9 Å². The Kier molecular flexibility index (Phi) is 13.6. The van der Waals surface area contributed by atoms with Gasteiger partial charge in [0.2, 0.25) is 0 Å². The summed E-state index contributed by atoms with van der Waals surface area (Å²) in [5, 5.41) is 0. The molecule has 1 aliphatic carbocycles. The Bertz CT molecular complexity index is 824. The van der Waals surface area contributed by atoms with E-state index >= 15 is 0 Å². The van der Waals surface area contributed by atoms with Gasteiger partial charge in [-0.3, -0.25) is 27.1 Å². The monoisotopic (exact) mass is 767 g/mol. The Labute approximate surface area is 219 Å². The van der Waals surface area contributed by atoms with Crippen LogP contribution < -0.4 is 0 Å². The summed E-state index contributed by atoms with van der Waals surface area (Å²) in [5.41, 5.74) is 0. The van der Waals surface area contributed by atoms with Crippen LogP contribution in [0.15, 0.2) is 0 Å². The molecule has 0 spiro atoms. The average molecular weight is 768 g/mol. The van der Waals surface area contributed by atoms with Crippen LogP contribution in [0, 0.1) is 0 Å². The molecule has 1 fully saturated rings. The fraction of sp³-hybridized carbons (Fsp3) is 1.00. The van der Waals surface area contributed by atoms with E-state index in [0.29, 0.717) is 0 Å². The fourth-order valence-corrected chi connectivity index (χ4v) is 6.14. The number of phosphoric ester groups is 6. The molecule has 12 N–H and O–H groups in total. The van der Waals surface area contributed by atoms with Crippen molar-refractivity contribution in [1.82, 2.24) is 0 Å². The summed E-state index contributed by atoms with van der Waals surface area (Å²) in [6.07, 6.45) is -18.9. The van der Waals surface area contributed by atoms with Gasteiger partial charge in [-0.2, -0.15) is 0 Å². The summed E-state index contributed by atoms with van der Waals surface area (Å²) >= 11 is 0. The second-order valence-corrected chi connectivity index (χ2v) is 13.5. The van der Waals surface area contributed by atoms with Crippen LogP contribution in [0.4, 0.5) is 0 Å². The number of hydrogen-bond acceptors (Lipinski definition) is 12. The van der Waals surface area contributed by atoms with Crippen LogP contribution in [-0.2, 0) is 76.9 Å². The summed E-state index contributed by atoms with van der Waals surface area (Å²) in [6.45, 7) is 0. The topological polar surface area (TPSA) is 401 Å². The first-order valence-corrected chi connectivity index (χ1v) is 17.2. The summed E-state index contributed by atoms with van der Waals surface area (Å²) in [6, 6.07) is 0. The van der Waals surface area contributed by atoms with Crippen molar-refractivity contribution in [1.29, 1.82) is 0 Å². The van der Waals surface area contributed by atoms with Gasteiger partial charge in [0.15, 0.2) is 0 Å². The van der Waals surface area contributed by atoms with Crippen LogP contribution in [0.25, 0.3) is 0 Å². The van der Waals surface area contributed by atoms with Crippen LogP contribution in [-0.4, -0.2) is 95.3 Å². The molecule has 0 aromatic carbocycles. The zero-order valence-corrected chi connectivity index (χ0v) is 23.6. The minimum Gasteiger partial charge on any atom is -0.303 e. The van der Waals surface area contributed by atoms with Crippen molar-refractivity contribution in [3.63, 3.8) is 0 Å². The van der Waals surface area contributed by atoms with E-state index in [0.717, 1.165) is 0 Å². The quantitative estimate of drug-likeness (QED) is 0.0689. The normalized spacial score (nSPS) is 28.5. The Balaban J connectivity index is 0.0000130. The molecule has 0 aromatic heterocycles. The molecule has 1 rings (SSSR count). The molecule has 0 unspecified atom stereocenters. The molecule has 0 heterocycles. The first-order chi connectivity index (χ1) is 15.6. The molecule has 37 heavy (non-hydrogen) atoms. The fourth-order valence-electron chi connectivity index (χ4n) is 2.79. The minimum absolute atomic E-state index is 0. The zero-order valence-electron chi connectivity index (χ0n) is 16.7. The number of phosphoric acid groups is 6. The molecular formula is C6H18AgO24P6. The van der Waals surface area contributed by atoms with Crippen molar-refractivity contribution < 1.29 is 136 Å². The molecule has 1 aliphatic rings. The minimum atomic E-state index is -6.02. The summed E-state index contributed by atoms with van der Waals surface area (Å²) in [4.78, 5) is 110. The SMILES string of the molecule is O=P(O)(O)OC1C(OP(=O)(O)O)C(OP(=O)(O)O)C(OP(=O)(O)O)C(OP(=O)(O)O)C1OP(=O)(O)O.[Ag]. The van der Waals surface area contributed by atoms with Gasteiger partial charge in [-0.05, 0) is 0 Å². The smallest absolute Gasteiger partial charge is 0.303 e. The molecular weight excluding hydrogens is 750 g/mol. The molecule has 0 atom stereocenters.